The van der Waals surface area contributed by atoms with Crippen LogP contribution in [0.4, 0.5) is 79.0 Å². The van der Waals surface area contributed by atoms with E-state index in [9.17, 15) is 84.1 Å². The van der Waals surface area contributed by atoms with E-state index in [2.05, 4.69) is 51.8 Å². The van der Waals surface area contributed by atoms with Crippen molar-refractivity contribution < 1.29 is 84.1 Å². The van der Waals surface area contributed by atoms with Crippen LogP contribution in [0.2, 0.25) is 0 Å². The highest BCUT2D eigenvalue weighted by Crippen LogP contribution is 2.51. The summed E-state index contributed by atoms with van der Waals surface area (Å²) >= 11 is 6.35. The molecular formula is C38H25Br2F18N5O. The second-order valence-electron chi connectivity index (χ2n) is 14.3. The zero-order valence-electron chi connectivity index (χ0n) is 31.4. The molecule has 26 heteroatoms. The van der Waals surface area contributed by atoms with E-state index in [1.807, 2.05) is 0 Å². The van der Waals surface area contributed by atoms with Gasteiger partial charge in [0.2, 0.25) is 0 Å². The van der Waals surface area contributed by atoms with E-state index in [0.717, 1.165) is 0 Å². The molecule has 0 radical (unpaired) electrons. The van der Waals surface area contributed by atoms with Gasteiger partial charge in [0.25, 0.3) is 0 Å². The monoisotopic (exact) mass is 1070 g/mol. The van der Waals surface area contributed by atoms with Gasteiger partial charge in [0, 0.05) is 39.8 Å². The third-order valence-corrected chi connectivity index (χ3v) is 11.7. The number of benzene rings is 2. The van der Waals surface area contributed by atoms with Gasteiger partial charge in [0.05, 0.1) is 19.7 Å². The summed E-state index contributed by atoms with van der Waals surface area (Å²) in [5.74, 6) is 0. The maximum absolute atomic E-state index is 14.2. The molecule has 0 amide bonds. The van der Waals surface area contributed by atoms with Crippen LogP contribution in [0, 0.1) is 0 Å². The van der Waals surface area contributed by atoms with Crippen molar-refractivity contribution in [3.63, 3.8) is 0 Å². The molecule has 0 aliphatic carbocycles. The first-order valence-corrected chi connectivity index (χ1v) is 19.2. The maximum atomic E-state index is 14.2. The van der Waals surface area contributed by atoms with Crippen LogP contribution in [0.5, 0.6) is 0 Å². The lowest BCUT2D eigenvalue weighted by Crippen LogP contribution is -2.44. The summed E-state index contributed by atoms with van der Waals surface area (Å²) in [5, 5.41) is 9.20. The van der Waals surface area contributed by atoms with Crippen molar-refractivity contribution in [1.29, 1.82) is 0 Å². The second-order valence-corrected chi connectivity index (χ2v) is 16.0. The Labute approximate surface area is 365 Å². The first-order chi connectivity index (χ1) is 29.2. The maximum Gasteiger partial charge on any atom is 0.433 e. The predicted octanol–water partition coefficient (Wildman–Crippen LogP) is 12.1. The number of alkyl halides is 18. The molecule has 0 bridgehead atoms. The summed E-state index contributed by atoms with van der Waals surface area (Å²) in [5.41, 5.74) is -10.1. The minimum Gasteiger partial charge on any atom is -0.392 e. The number of aliphatic imine (C=N–C) groups is 2. The van der Waals surface area contributed by atoms with Crippen LogP contribution >= 0.6 is 31.9 Å². The topological polar surface area (TPSA) is 96.8 Å². The highest BCUT2D eigenvalue weighted by Gasteiger charge is 2.61. The minimum absolute atomic E-state index is 0.00797. The Kier molecular flexibility index (Phi) is 13.9. The Morgan fingerprint density at radius 1 is 0.500 bits per heavy atom. The normalized spacial score (nSPS) is 19.9. The molecule has 0 saturated heterocycles. The molecule has 6 nitrogen and oxygen atoms in total. The first kappa shape index (κ1) is 50.7. The van der Waals surface area contributed by atoms with Crippen molar-refractivity contribution in [2.45, 2.75) is 73.9 Å². The summed E-state index contributed by atoms with van der Waals surface area (Å²) in [6.45, 7) is -2.39. The summed E-state index contributed by atoms with van der Waals surface area (Å²) in [6, 6.07) is 8.55. The molecule has 4 aromatic rings. The molecule has 0 fully saturated rings. The third kappa shape index (κ3) is 10.4. The molecule has 2 aliphatic heterocycles. The van der Waals surface area contributed by atoms with Crippen LogP contribution < -0.4 is 5.73 Å². The number of nitrogens with two attached hydrogens (primary N) is 1. The lowest BCUT2D eigenvalue weighted by molar-refractivity contribution is -0.185. The van der Waals surface area contributed by atoms with Crippen molar-refractivity contribution in [2.75, 3.05) is 13.1 Å². The van der Waals surface area contributed by atoms with Crippen LogP contribution in [0.3, 0.4) is 0 Å². The molecule has 2 aliphatic rings. The molecule has 4 heterocycles. The van der Waals surface area contributed by atoms with Crippen molar-refractivity contribution >= 4 is 43.3 Å². The van der Waals surface area contributed by atoms with Gasteiger partial charge in [-0.15, -0.1) is 0 Å². The van der Waals surface area contributed by atoms with E-state index in [4.69, 9.17) is 5.73 Å². The fourth-order valence-electron chi connectivity index (χ4n) is 6.68. The molecule has 3 N–H and O–H groups in total. The van der Waals surface area contributed by atoms with Gasteiger partial charge in [-0.2, -0.15) is 79.0 Å². The lowest BCUT2D eigenvalue weighted by atomic mass is 9.76. The van der Waals surface area contributed by atoms with E-state index >= 15 is 0 Å². The largest absolute Gasteiger partial charge is 0.433 e. The van der Waals surface area contributed by atoms with Gasteiger partial charge >= 0.3 is 37.1 Å². The first-order valence-electron chi connectivity index (χ1n) is 17.6. The number of aromatic nitrogens is 2. The number of pyridine rings is 2. The van der Waals surface area contributed by atoms with Gasteiger partial charge in [0.1, 0.15) is 33.6 Å². The smallest absolute Gasteiger partial charge is 0.392 e. The Hall–Kier alpha value is -4.30. The van der Waals surface area contributed by atoms with Gasteiger partial charge < -0.3 is 10.8 Å². The van der Waals surface area contributed by atoms with Crippen molar-refractivity contribution in [3.05, 3.63) is 126 Å². The molecule has 348 valence electrons. The van der Waals surface area contributed by atoms with Gasteiger partial charge in [-0.3, -0.25) is 9.98 Å². The molecule has 2 aromatic heterocycles. The standard InChI is InChI=1S/C19H13BrF9N3.C19H12BrF9N2O/c20-12-3-9(1-2-10(12)7-30)13-6-16(8-31-13,19(27,28)29)11-4-14(17(21,22)23)32-15(5-11)18(24,25)26;20-12-3-9(1-2-10(12)7-32)13-6-16(8-30-13,19(27,28)29)11-4-14(17(21,22)23)31-15(5-11)18(24,25)26/h1-5H,6-8,30H2;1-5,32H,6-8H2. The predicted molar refractivity (Wildman–Crippen MR) is 198 cm³/mol. The second kappa shape index (κ2) is 17.5. The van der Waals surface area contributed by atoms with E-state index in [1.54, 1.807) is 0 Å². The van der Waals surface area contributed by atoms with Crippen LogP contribution in [0.25, 0.3) is 0 Å². The van der Waals surface area contributed by atoms with Crippen molar-refractivity contribution in [2.24, 2.45) is 15.7 Å². The number of nitrogens with zero attached hydrogens (tertiary/aromatic N) is 4. The lowest BCUT2D eigenvalue weighted by Gasteiger charge is -2.32. The SMILES string of the molecule is NCc1ccc(C2=NCC(c3cc(C(F)(F)F)nc(C(F)(F)F)c3)(C(F)(F)F)C2)cc1Br.OCc1ccc(C2=NCC(c3cc(C(F)(F)F)nc(C(F)(F)F)c3)(C(F)(F)F)C2)cc1Br. The molecule has 0 spiro atoms. The molecular weight excluding hydrogens is 1040 g/mol. The van der Waals surface area contributed by atoms with Gasteiger partial charge in [-0.1, -0.05) is 56.1 Å². The number of hydrogen-bond acceptors (Lipinski definition) is 6. The average molecular weight is 1070 g/mol. The summed E-state index contributed by atoms with van der Waals surface area (Å²) in [4.78, 5) is 12.6. The molecule has 2 atom stereocenters. The molecule has 2 aromatic carbocycles. The zero-order valence-corrected chi connectivity index (χ0v) is 34.6. The quantitative estimate of drug-likeness (QED) is 0.188. The summed E-state index contributed by atoms with van der Waals surface area (Å²) < 4.78 is 243. The van der Waals surface area contributed by atoms with E-state index < -0.39 is 108 Å². The Bertz CT molecular complexity index is 2220. The van der Waals surface area contributed by atoms with Crippen LogP contribution in [0.15, 0.2) is 79.6 Å². The van der Waals surface area contributed by atoms with Crippen molar-refractivity contribution in [1.82, 2.24) is 9.97 Å². The minimum atomic E-state index is -5.39. The van der Waals surface area contributed by atoms with Gasteiger partial charge in [-0.25, -0.2) is 9.97 Å². The Balaban J connectivity index is 0.000000241. The Morgan fingerprint density at radius 3 is 1.06 bits per heavy atom. The molecule has 0 saturated carbocycles. The van der Waals surface area contributed by atoms with Crippen LogP contribution in [-0.2, 0) is 48.7 Å². The summed E-state index contributed by atoms with van der Waals surface area (Å²) in [6.07, 6.45) is -33.9. The highest BCUT2D eigenvalue weighted by atomic mass is 79.9. The zero-order chi connectivity index (χ0) is 48.2. The van der Waals surface area contributed by atoms with E-state index in [-0.39, 0.29) is 60.0 Å². The number of rotatable bonds is 6. The number of halogens is 20. The number of hydrogen-bond donors (Lipinski definition) is 2. The van der Waals surface area contributed by atoms with Crippen LogP contribution in [0.1, 0.15) is 69.0 Å². The van der Waals surface area contributed by atoms with E-state index in [1.165, 1.54) is 36.4 Å². The fourth-order valence-corrected chi connectivity index (χ4v) is 7.72. The summed E-state index contributed by atoms with van der Waals surface area (Å²) in [7, 11) is 0. The molecule has 6 rings (SSSR count). The van der Waals surface area contributed by atoms with Gasteiger partial charge in [0.15, 0.2) is 0 Å². The highest BCUT2D eigenvalue weighted by molar-refractivity contribution is 9.10. The van der Waals surface area contributed by atoms with Crippen molar-refractivity contribution in [3.8, 4) is 0 Å². The van der Waals surface area contributed by atoms with Crippen LogP contribution in [-0.4, -0.2) is 51.9 Å². The van der Waals surface area contributed by atoms with E-state index in [0.29, 0.717) is 20.1 Å². The fraction of sp³-hybridized carbons (Fsp3) is 0.368. The number of aliphatic hydroxyl groups is 1. The average Bonchev–Trinajstić information content (AvgIpc) is 3.85. The number of aliphatic hydroxyl groups excluding tert-OH is 1. The Morgan fingerprint density at radius 2 is 0.812 bits per heavy atom. The third-order valence-electron chi connectivity index (χ3n) is 10.2. The van der Waals surface area contributed by atoms with Gasteiger partial charge in [-0.05, 0) is 69.8 Å². The molecule has 2 unspecified atom stereocenters. The molecule has 64 heavy (non-hydrogen) atoms.